The van der Waals surface area contributed by atoms with Gasteiger partial charge >= 0.3 is 0 Å². The Bertz CT molecular complexity index is 619. The first-order valence-corrected chi connectivity index (χ1v) is 8.09. The van der Waals surface area contributed by atoms with Crippen molar-refractivity contribution < 1.29 is 4.74 Å². The normalized spacial score (nSPS) is 11.7. The zero-order valence-corrected chi connectivity index (χ0v) is 14.0. The number of aromatic nitrogens is 1. The summed E-state index contributed by atoms with van der Waals surface area (Å²) in [6, 6.07) is 7.87. The Balaban J connectivity index is 1.97. The molecule has 118 valence electrons. The van der Waals surface area contributed by atoms with Crippen molar-refractivity contribution in [2.75, 3.05) is 13.7 Å². The number of thiazole rings is 1. The van der Waals surface area contributed by atoms with Gasteiger partial charge in [0.25, 0.3) is 0 Å². The Labute approximate surface area is 135 Å². The van der Waals surface area contributed by atoms with Crippen LogP contribution in [0, 0.1) is 5.92 Å². The largest absolute Gasteiger partial charge is 0.497 e. The lowest BCUT2D eigenvalue weighted by atomic mass is 10.2. The average molecular weight is 318 g/mol. The van der Waals surface area contributed by atoms with Crippen LogP contribution in [0.15, 0.2) is 34.6 Å². The van der Waals surface area contributed by atoms with Crippen LogP contribution in [0.25, 0.3) is 10.6 Å². The highest BCUT2D eigenvalue weighted by Crippen LogP contribution is 2.25. The molecule has 3 N–H and O–H groups in total. The van der Waals surface area contributed by atoms with E-state index in [0.29, 0.717) is 18.4 Å². The van der Waals surface area contributed by atoms with Crippen LogP contribution < -0.4 is 15.8 Å². The fourth-order valence-corrected chi connectivity index (χ4v) is 2.59. The van der Waals surface area contributed by atoms with Gasteiger partial charge < -0.3 is 15.8 Å². The highest BCUT2D eigenvalue weighted by atomic mass is 32.1. The summed E-state index contributed by atoms with van der Waals surface area (Å²) in [6.45, 7) is 5.57. The number of hydrogen-bond donors (Lipinski definition) is 2. The van der Waals surface area contributed by atoms with E-state index in [0.717, 1.165) is 28.6 Å². The van der Waals surface area contributed by atoms with E-state index in [1.165, 1.54) is 0 Å². The van der Waals surface area contributed by atoms with Crippen LogP contribution >= 0.6 is 11.3 Å². The van der Waals surface area contributed by atoms with Gasteiger partial charge in [-0.05, 0) is 30.2 Å². The lowest BCUT2D eigenvalue weighted by molar-refractivity contribution is 0.415. The smallest absolute Gasteiger partial charge is 0.188 e. The summed E-state index contributed by atoms with van der Waals surface area (Å²) in [5, 5.41) is 6.08. The van der Waals surface area contributed by atoms with Gasteiger partial charge in [-0.25, -0.2) is 9.98 Å². The van der Waals surface area contributed by atoms with Gasteiger partial charge in [0, 0.05) is 17.5 Å². The van der Waals surface area contributed by atoms with Crippen molar-refractivity contribution in [2.24, 2.45) is 16.6 Å². The van der Waals surface area contributed by atoms with Crippen LogP contribution in [0.1, 0.15) is 19.5 Å². The first kappa shape index (κ1) is 16.3. The summed E-state index contributed by atoms with van der Waals surface area (Å²) in [5.41, 5.74) is 7.82. The topological polar surface area (TPSA) is 72.5 Å². The van der Waals surface area contributed by atoms with Crippen LogP contribution in [0.3, 0.4) is 0 Å². The third-order valence-electron chi connectivity index (χ3n) is 2.99. The molecule has 0 fully saturated rings. The van der Waals surface area contributed by atoms with Gasteiger partial charge in [0.05, 0.1) is 19.3 Å². The van der Waals surface area contributed by atoms with Crippen molar-refractivity contribution in [3.63, 3.8) is 0 Å². The van der Waals surface area contributed by atoms with Crippen molar-refractivity contribution in [1.82, 2.24) is 10.3 Å². The predicted molar refractivity (Wildman–Crippen MR) is 92.3 cm³/mol. The molecule has 1 aromatic heterocycles. The van der Waals surface area contributed by atoms with E-state index in [1.54, 1.807) is 18.4 Å². The Morgan fingerprint density at radius 3 is 2.73 bits per heavy atom. The molecule has 6 heteroatoms. The minimum absolute atomic E-state index is 0.465. The summed E-state index contributed by atoms with van der Waals surface area (Å²) in [4.78, 5) is 8.90. The number of ether oxygens (including phenoxy) is 1. The number of guanidine groups is 1. The molecule has 0 bridgehead atoms. The maximum absolute atomic E-state index is 5.82. The molecule has 0 aliphatic heterocycles. The van der Waals surface area contributed by atoms with E-state index >= 15 is 0 Å². The second kappa shape index (κ2) is 7.79. The Kier molecular flexibility index (Phi) is 5.77. The summed E-state index contributed by atoms with van der Waals surface area (Å²) in [6.07, 6.45) is 0. The van der Waals surface area contributed by atoms with Crippen LogP contribution in [-0.4, -0.2) is 24.6 Å². The van der Waals surface area contributed by atoms with Crippen LogP contribution in [0.5, 0.6) is 5.75 Å². The van der Waals surface area contributed by atoms with Gasteiger partial charge in [-0.1, -0.05) is 13.8 Å². The molecule has 0 saturated carbocycles. The van der Waals surface area contributed by atoms with Crippen LogP contribution in [-0.2, 0) is 6.54 Å². The molecule has 22 heavy (non-hydrogen) atoms. The summed E-state index contributed by atoms with van der Waals surface area (Å²) in [5.74, 6) is 1.84. The molecule has 0 spiro atoms. The molecule has 0 aliphatic carbocycles. The summed E-state index contributed by atoms with van der Waals surface area (Å²) < 4.78 is 5.16. The molecule has 5 nitrogen and oxygen atoms in total. The minimum Gasteiger partial charge on any atom is -0.497 e. The second-order valence-electron chi connectivity index (χ2n) is 5.35. The Hall–Kier alpha value is -2.08. The first-order chi connectivity index (χ1) is 10.6. The Morgan fingerprint density at radius 2 is 2.09 bits per heavy atom. The molecule has 0 saturated heterocycles. The van der Waals surface area contributed by atoms with Gasteiger partial charge in [0.1, 0.15) is 10.8 Å². The number of nitrogens with two attached hydrogens (primary N) is 1. The van der Waals surface area contributed by atoms with E-state index in [2.05, 4.69) is 29.1 Å². The molecule has 0 unspecified atom stereocenters. The van der Waals surface area contributed by atoms with Crippen LogP contribution in [0.4, 0.5) is 0 Å². The zero-order valence-electron chi connectivity index (χ0n) is 13.2. The van der Waals surface area contributed by atoms with E-state index < -0.39 is 0 Å². The number of methoxy groups -OCH3 is 1. The monoisotopic (exact) mass is 318 g/mol. The molecule has 0 atom stereocenters. The van der Waals surface area contributed by atoms with E-state index in [4.69, 9.17) is 10.5 Å². The van der Waals surface area contributed by atoms with E-state index in [1.807, 2.05) is 29.6 Å². The fourth-order valence-electron chi connectivity index (χ4n) is 1.78. The summed E-state index contributed by atoms with van der Waals surface area (Å²) in [7, 11) is 1.66. The quantitative estimate of drug-likeness (QED) is 0.634. The van der Waals surface area contributed by atoms with Crippen molar-refractivity contribution in [3.8, 4) is 16.3 Å². The molecule has 2 rings (SSSR count). The highest BCUT2D eigenvalue weighted by molar-refractivity contribution is 7.13. The number of aliphatic imine (C=N–C) groups is 1. The van der Waals surface area contributed by atoms with Crippen LogP contribution in [0.2, 0.25) is 0 Å². The van der Waals surface area contributed by atoms with Crippen molar-refractivity contribution in [3.05, 3.63) is 35.3 Å². The maximum atomic E-state index is 5.82. The molecule has 0 radical (unpaired) electrons. The second-order valence-corrected chi connectivity index (χ2v) is 6.21. The third-order valence-corrected chi connectivity index (χ3v) is 3.93. The van der Waals surface area contributed by atoms with E-state index in [-0.39, 0.29) is 0 Å². The maximum Gasteiger partial charge on any atom is 0.188 e. The van der Waals surface area contributed by atoms with Gasteiger partial charge in [0.2, 0.25) is 0 Å². The van der Waals surface area contributed by atoms with Gasteiger partial charge in [-0.3, -0.25) is 0 Å². The average Bonchev–Trinajstić information content (AvgIpc) is 3.00. The lowest BCUT2D eigenvalue weighted by Crippen LogP contribution is -2.34. The van der Waals surface area contributed by atoms with Gasteiger partial charge in [-0.15, -0.1) is 11.3 Å². The number of nitrogens with zero attached hydrogens (tertiary/aromatic N) is 2. The zero-order chi connectivity index (χ0) is 15.9. The number of hydrogen-bond acceptors (Lipinski definition) is 4. The first-order valence-electron chi connectivity index (χ1n) is 7.21. The fraction of sp³-hybridized carbons (Fsp3) is 0.375. The molecule has 2 aromatic rings. The SMILES string of the molecule is COc1ccc(-c2nc(CN=C(N)NCC(C)C)cs2)cc1. The predicted octanol–water partition coefficient (Wildman–Crippen LogP) is 2.88. The van der Waals surface area contributed by atoms with Crippen molar-refractivity contribution >= 4 is 17.3 Å². The minimum atomic E-state index is 0.465. The molecular weight excluding hydrogens is 296 g/mol. The Morgan fingerprint density at radius 1 is 1.36 bits per heavy atom. The molecular formula is C16H22N4OS. The third kappa shape index (κ3) is 4.73. The van der Waals surface area contributed by atoms with Crippen molar-refractivity contribution in [1.29, 1.82) is 0 Å². The van der Waals surface area contributed by atoms with E-state index in [9.17, 15) is 0 Å². The highest BCUT2D eigenvalue weighted by Gasteiger charge is 2.05. The standard InChI is InChI=1S/C16H22N4OS/c1-11(2)8-18-16(17)19-9-13-10-22-15(20-13)12-4-6-14(21-3)7-5-12/h4-7,10-11H,8-9H2,1-3H3,(H3,17,18,19). The van der Waals surface area contributed by atoms with Gasteiger partial charge in [-0.2, -0.15) is 0 Å². The lowest BCUT2D eigenvalue weighted by Gasteiger charge is -2.07. The number of rotatable bonds is 6. The number of nitrogens with one attached hydrogen (secondary N) is 1. The van der Waals surface area contributed by atoms with Crippen molar-refractivity contribution in [2.45, 2.75) is 20.4 Å². The molecule has 0 amide bonds. The summed E-state index contributed by atoms with van der Waals surface area (Å²) >= 11 is 1.60. The van der Waals surface area contributed by atoms with Gasteiger partial charge in [0.15, 0.2) is 5.96 Å². The molecule has 1 aromatic carbocycles. The number of benzene rings is 1. The molecule has 0 aliphatic rings. The molecule has 1 heterocycles.